The van der Waals surface area contributed by atoms with Crippen LogP contribution in [-0.2, 0) is 0 Å². The monoisotopic (exact) mass is 594 g/mol. The number of furan rings is 2. The van der Waals surface area contributed by atoms with Crippen LogP contribution in [0.5, 0.6) is 0 Å². The number of pyridine rings is 3. The Balaban J connectivity index is 1.13. The first kappa shape index (κ1) is 24.1. The van der Waals surface area contributed by atoms with Crippen LogP contribution in [-0.4, -0.2) is 31.8 Å². The van der Waals surface area contributed by atoms with Gasteiger partial charge in [-0.15, -0.1) is 0 Å². The van der Waals surface area contributed by atoms with E-state index in [1.165, 1.54) is 0 Å². The van der Waals surface area contributed by atoms with Gasteiger partial charge in [0.15, 0.2) is 0 Å². The van der Waals surface area contributed by atoms with Crippen molar-refractivity contribution >= 4 is 83.7 Å². The van der Waals surface area contributed by atoms with Crippen molar-refractivity contribution in [1.29, 1.82) is 0 Å². The number of anilines is 2. The molecule has 0 aliphatic carbocycles. The number of nitrogens with zero attached hydrogens (tertiary/aromatic N) is 6. The Kier molecular flexibility index (Phi) is 4.54. The van der Waals surface area contributed by atoms with E-state index in [0.717, 1.165) is 88.7 Å². The molecular weight excluding hydrogens is 572 g/mol. The SMILES string of the molecule is C1=CC2C(N=C1)c1cccnc1N2c1ccc2oc3ccc4c5cc(-n6c7cccnc7c7cccnc76)ccc5oc4c3c2c1. The van der Waals surface area contributed by atoms with Crippen molar-refractivity contribution < 1.29 is 8.83 Å². The summed E-state index contributed by atoms with van der Waals surface area (Å²) in [5.74, 6) is 0.935. The first-order chi connectivity index (χ1) is 22.8. The average Bonchev–Trinajstić information content (AvgIpc) is 3.85. The third kappa shape index (κ3) is 3.07. The second kappa shape index (κ2) is 8.67. The second-order valence-corrected chi connectivity index (χ2v) is 11.9. The fraction of sp³-hybridized carbons (Fsp3) is 0.0526. The third-order valence-corrected chi connectivity index (χ3v) is 9.48. The van der Waals surface area contributed by atoms with Crippen LogP contribution >= 0.6 is 0 Å². The molecular formula is C38H22N6O2. The van der Waals surface area contributed by atoms with Crippen LogP contribution in [0.4, 0.5) is 11.5 Å². The number of allylic oxidation sites excluding steroid dienone is 1. The van der Waals surface area contributed by atoms with Crippen molar-refractivity contribution in [3.8, 4) is 5.69 Å². The normalized spacial score (nSPS) is 17.3. The first-order valence-electron chi connectivity index (χ1n) is 15.3. The number of rotatable bonds is 2. The second-order valence-electron chi connectivity index (χ2n) is 11.9. The molecule has 6 aromatic heterocycles. The molecule has 8 heterocycles. The van der Waals surface area contributed by atoms with Crippen molar-refractivity contribution in [2.24, 2.45) is 4.99 Å². The zero-order chi connectivity index (χ0) is 29.9. The van der Waals surface area contributed by atoms with E-state index in [2.05, 4.69) is 69.1 Å². The topological polar surface area (TPSA) is 85.5 Å². The number of fused-ring (bicyclic) bond motifs is 13. The maximum Gasteiger partial charge on any atom is 0.147 e. The fourth-order valence-electron chi connectivity index (χ4n) is 7.55. The molecule has 0 radical (unpaired) electrons. The summed E-state index contributed by atoms with van der Waals surface area (Å²) in [6.45, 7) is 0. The van der Waals surface area contributed by atoms with Crippen molar-refractivity contribution in [3.63, 3.8) is 0 Å². The highest BCUT2D eigenvalue weighted by Gasteiger charge is 2.39. The lowest BCUT2D eigenvalue weighted by Crippen LogP contribution is -2.29. The molecule has 0 bridgehead atoms. The summed E-state index contributed by atoms with van der Waals surface area (Å²) in [5, 5.41) is 5.04. The van der Waals surface area contributed by atoms with Crippen LogP contribution in [0.15, 0.2) is 129 Å². The lowest BCUT2D eigenvalue weighted by molar-refractivity contribution is 0.661. The van der Waals surface area contributed by atoms with Crippen LogP contribution in [0.25, 0.3) is 71.6 Å². The first-order valence-corrected chi connectivity index (χ1v) is 15.3. The average molecular weight is 595 g/mol. The molecule has 0 spiro atoms. The van der Waals surface area contributed by atoms with Crippen LogP contribution in [0.1, 0.15) is 11.6 Å². The molecule has 216 valence electrons. The third-order valence-electron chi connectivity index (χ3n) is 9.48. The Morgan fingerprint density at radius 3 is 2.43 bits per heavy atom. The molecule has 0 N–H and O–H groups in total. The zero-order valence-electron chi connectivity index (χ0n) is 24.2. The summed E-state index contributed by atoms with van der Waals surface area (Å²) < 4.78 is 15.2. The van der Waals surface area contributed by atoms with Crippen molar-refractivity contribution in [3.05, 3.63) is 121 Å². The van der Waals surface area contributed by atoms with Crippen LogP contribution in [0, 0.1) is 0 Å². The van der Waals surface area contributed by atoms with Gasteiger partial charge in [-0.1, -0.05) is 12.1 Å². The molecule has 3 aromatic carbocycles. The molecule has 8 heteroatoms. The Morgan fingerprint density at radius 1 is 0.652 bits per heavy atom. The minimum Gasteiger partial charge on any atom is -0.456 e. The number of hydrogen-bond donors (Lipinski definition) is 0. The van der Waals surface area contributed by atoms with E-state index in [4.69, 9.17) is 23.8 Å². The Labute approximate surface area is 260 Å². The van der Waals surface area contributed by atoms with Gasteiger partial charge in [-0.05, 0) is 84.9 Å². The fourth-order valence-corrected chi connectivity index (χ4v) is 7.55. The largest absolute Gasteiger partial charge is 0.456 e. The molecule has 8 nitrogen and oxygen atoms in total. The van der Waals surface area contributed by atoms with Gasteiger partial charge in [-0.3, -0.25) is 14.5 Å². The summed E-state index contributed by atoms with van der Waals surface area (Å²) in [5.41, 5.74) is 9.21. The summed E-state index contributed by atoms with van der Waals surface area (Å²) in [4.78, 5) is 21.3. The standard InChI is InChI=1S/C38H22N6O2/c1-5-24-34-28(7-3-15-39-34)43(37(24)41-17-1)21-9-12-30-26(19-21)23-11-14-32-33(36(23)46-30)27-20-22(10-13-31(27)45-32)44-29-8-4-16-40-35(29)25-6-2-18-42-38(25)44/h1-20,29,35H. The minimum absolute atomic E-state index is 0.0160. The molecule has 0 fully saturated rings. The highest BCUT2D eigenvalue weighted by molar-refractivity contribution is 6.22. The van der Waals surface area contributed by atoms with E-state index in [-0.39, 0.29) is 12.1 Å². The Morgan fingerprint density at radius 2 is 1.46 bits per heavy atom. The van der Waals surface area contributed by atoms with Crippen LogP contribution in [0.3, 0.4) is 0 Å². The van der Waals surface area contributed by atoms with Gasteiger partial charge >= 0.3 is 0 Å². The number of aromatic nitrogens is 4. The van der Waals surface area contributed by atoms with E-state index >= 15 is 0 Å². The smallest absolute Gasteiger partial charge is 0.147 e. The van der Waals surface area contributed by atoms with E-state index in [1.807, 2.05) is 67.3 Å². The van der Waals surface area contributed by atoms with Gasteiger partial charge in [0, 0.05) is 63.3 Å². The summed E-state index contributed by atoms with van der Waals surface area (Å²) in [6.07, 6.45) is 11.6. The highest BCUT2D eigenvalue weighted by Crippen LogP contribution is 2.48. The lowest BCUT2D eigenvalue weighted by atomic mass is 10.0. The maximum absolute atomic E-state index is 6.63. The molecule has 9 aromatic rings. The molecule has 2 aliphatic heterocycles. The van der Waals surface area contributed by atoms with Gasteiger partial charge in [-0.25, -0.2) is 9.97 Å². The molecule has 2 aliphatic rings. The predicted octanol–water partition coefficient (Wildman–Crippen LogP) is 8.97. The van der Waals surface area contributed by atoms with Gasteiger partial charge in [0.2, 0.25) is 0 Å². The summed E-state index contributed by atoms with van der Waals surface area (Å²) in [7, 11) is 0. The van der Waals surface area contributed by atoms with Gasteiger partial charge in [0.1, 0.15) is 39.8 Å². The molecule has 0 amide bonds. The number of aliphatic imine (C=N–C) groups is 1. The van der Waals surface area contributed by atoms with Crippen molar-refractivity contribution in [2.75, 3.05) is 4.90 Å². The van der Waals surface area contributed by atoms with Crippen molar-refractivity contribution in [2.45, 2.75) is 12.1 Å². The molecule has 0 saturated carbocycles. The van der Waals surface area contributed by atoms with Gasteiger partial charge in [0.25, 0.3) is 0 Å². The van der Waals surface area contributed by atoms with E-state index < -0.39 is 0 Å². The highest BCUT2D eigenvalue weighted by atomic mass is 16.3. The Hall–Kier alpha value is -6.28. The summed E-state index contributed by atoms with van der Waals surface area (Å²) >= 11 is 0. The van der Waals surface area contributed by atoms with Gasteiger partial charge < -0.3 is 13.7 Å². The number of dihydropyridines is 1. The molecule has 2 unspecified atom stereocenters. The van der Waals surface area contributed by atoms with E-state index in [1.54, 1.807) is 0 Å². The quantitative estimate of drug-likeness (QED) is 0.199. The van der Waals surface area contributed by atoms with Crippen LogP contribution in [0.2, 0.25) is 0 Å². The van der Waals surface area contributed by atoms with Gasteiger partial charge in [-0.2, -0.15) is 0 Å². The van der Waals surface area contributed by atoms with Crippen molar-refractivity contribution in [1.82, 2.24) is 19.5 Å². The molecule has 0 saturated heterocycles. The summed E-state index contributed by atoms with van der Waals surface area (Å²) in [6, 6.07) is 29.1. The molecule has 46 heavy (non-hydrogen) atoms. The number of hydrogen-bond acceptors (Lipinski definition) is 7. The zero-order valence-corrected chi connectivity index (χ0v) is 24.2. The van der Waals surface area contributed by atoms with E-state index in [9.17, 15) is 0 Å². The molecule has 11 rings (SSSR count). The Bertz CT molecular complexity index is 2750. The predicted molar refractivity (Wildman–Crippen MR) is 181 cm³/mol. The minimum atomic E-state index is 0.0160. The molecule has 2 atom stereocenters. The van der Waals surface area contributed by atoms with E-state index in [0.29, 0.717) is 0 Å². The van der Waals surface area contributed by atoms with Gasteiger partial charge in [0.05, 0.1) is 22.5 Å². The van der Waals surface area contributed by atoms with Crippen LogP contribution < -0.4 is 4.90 Å². The maximum atomic E-state index is 6.63. The lowest BCUT2D eigenvalue weighted by Gasteiger charge is -2.27. The number of benzene rings is 3.